The molecule has 0 heterocycles. The van der Waals surface area contributed by atoms with E-state index in [1.54, 1.807) is 0 Å². The van der Waals surface area contributed by atoms with Crippen molar-refractivity contribution < 1.29 is 13.2 Å². The summed E-state index contributed by atoms with van der Waals surface area (Å²) in [6.07, 6.45) is 13.3. The Kier molecular flexibility index (Phi) is 12.0. The normalized spacial score (nSPS) is 16.4. The zero-order chi connectivity index (χ0) is 51.5. The highest BCUT2D eigenvalue weighted by atomic mass is 19.4. The monoisotopic (exact) mass is 980 g/mol. The molecule has 12 rings (SSSR count). The van der Waals surface area contributed by atoms with E-state index in [1.807, 2.05) is 30.3 Å². The Bertz CT molecular complexity index is 3850. The summed E-state index contributed by atoms with van der Waals surface area (Å²) >= 11 is 0. The van der Waals surface area contributed by atoms with Crippen LogP contribution in [0, 0.1) is 40.5 Å². The van der Waals surface area contributed by atoms with E-state index in [4.69, 9.17) is 0 Å². The molecular weight excluding hydrogens is 926 g/mol. The molecule has 75 heavy (non-hydrogen) atoms. The number of hydrogen-bond acceptors (Lipinski definition) is 2. The summed E-state index contributed by atoms with van der Waals surface area (Å²) in [7, 11) is 0. The van der Waals surface area contributed by atoms with E-state index in [2.05, 4.69) is 226 Å². The van der Waals surface area contributed by atoms with Crippen molar-refractivity contribution in [3.63, 3.8) is 0 Å². The van der Waals surface area contributed by atoms with Gasteiger partial charge in [0.05, 0.1) is 23.0 Å². The molecule has 5 heteroatoms. The van der Waals surface area contributed by atoms with Crippen LogP contribution in [-0.2, 0) is 6.18 Å². The second-order valence-corrected chi connectivity index (χ2v) is 20.2. The maximum Gasteiger partial charge on any atom is 0.416 e. The minimum Gasteiger partial charge on any atom is -0.330 e. The third-order valence-electron chi connectivity index (χ3n) is 15.5. The number of alkyl halides is 3. The van der Waals surface area contributed by atoms with Gasteiger partial charge in [0.25, 0.3) is 0 Å². The predicted molar refractivity (Wildman–Crippen MR) is 305 cm³/mol. The average molecular weight is 981 g/mol. The van der Waals surface area contributed by atoms with Crippen molar-refractivity contribution in [3.8, 4) is 44.5 Å². The molecular formula is C70H55F3N2. The van der Waals surface area contributed by atoms with Crippen molar-refractivity contribution in [1.29, 1.82) is 0 Å². The van der Waals surface area contributed by atoms with Crippen molar-refractivity contribution >= 4 is 22.7 Å². The zero-order valence-corrected chi connectivity index (χ0v) is 42.6. The molecule has 4 aliphatic rings. The summed E-state index contributed by atoms with van der Waals surface area (Å²) in [5.74, 6) is -0.152. The standard InChI is InChI=1S/C70H55F3N2/c1-44-16-14-22-54(40-44)74(66-38-32-51(56-24-10-6-17-45(56)2)41-62(66)58-26-12-8-19-47(58)4)64-36-30-49-29-35-61-65(37-31-50-28-34-60(64)68(49)69(50)61)75(55-23-15-21-53(43-55)70(71,72)73)67-39-33-52(57-25-11-7-18-46(57)3)42-63(67)59-27-13-9-20-48(59)5/h6-43,65,68H,1-5H3. The lowest BCUT2D eigenvalue weighted by molar-refractivity contribution is -0.137. The van der Waals surface area contributed by atoms with E-state index >= 15 is 0 Å². The fourth-order valence-corrected chi connectivity index (χ4v) is 11.8. The summed E-state index contributed by atoms with van der Waals surface area (Å²) in [6, 6.07) is 61.2. The average Bonchev–Trinajstić information content (AvgIpc) is 3.44. The van der Waals surface area contributed by atoms with Crippen LogP contribution >= 0.6 is 0 Å². The molecule has 4 aliphatic carbocycles. The molecule has 0 aromatic heterocycles. The number of allylic oxidation sites excluding steroid dienone is 10. The zero-order valence-electron chi connectivity index (χ0n) is 42.6. The van der Waals surface area contributed by atoms with Gasteiger partial charge >= 0.3 is 6.18 Å². The smallest absolute Gasteiger partial charge is 0.330 e. The van der Waals surface area contributed by atoms with Gasteiger partial charge < -0.3 is 9.80 Å². The number of rotatable bonds is 10. The Labute approximate surface area is 438 Å². The van der Waals surface area contributed by atoms with Crippen molar-refractivity contribution in [3.05, 3.63) is 298 Å². The Morgan fingerprint density at radius 1 is 0.440 bits per heavy atom. The van der Waals surface area contributed by atoms with Gasteiger partial charge in [0.2, 0.25) is 0 Å². The van der Waals surface area contributed by atoms with Crippen LogP contribution < -0.4 is 9.80 Å². The molecule has 0 saturated carbocycles. The van der Waals surface area contributed by atoms with Gasteiger partial charge in [0.1, 0.15) is 0 Å². The first kappa shape index (κ1) is 47.3. The molecule has 0 saturated heterocycles. The number of nitrogens with zero attached hydrogens (tertiary/aromatic N) is 2. The molecule has 2 nitrogen and oxygen atoms in total. The Morgan fingerprint density at radius 2 is 1.00 bits per heavy atom. The minimum absolute atomic E-state index is 0.152. The van der Waals surface area contributed by atoms with E-state index < -0.39 is 17.8 Å². The van der Waals surface area contributed by atoms with Gasteiger partial charge in [-0.1, -0.05) is 170 Å². The highest BCUT2D eigenvalue weighted by Crippen LogP contribution is 2.54. The van der Waals surface area contributed by atoms with E-state index in [0.717, 1.165) is 112 Å². The fourth-order valence-electron chi connectivity index (χ4n) is 11.8. The first-order valence-electron chi connectivity index (χ1n) is 25.7. The van der Waals surface area contributed by atoms with E-state index in [0.29, 0.717) is 5.69 Å². The molecule has 0 amide bonds. The first-order chi connectivity index (χ1) is 36.4. The summed E-state index contributed by atoms with van der Waals surface area (Å²) < 4.78 is 44.5. The highest BCUT2D eigenvalue weighted by Gasteiger charge is 2.41. The highest BCUT2D eigenvalue weighted by molar-refractivity contribution is 5.92. The molecule has 0 aliphatic heterocycles. The molecule has 2 unspecified atom stereocenters. The molecule has 0 fully saturated rings. The molecule has 0 N–H and O–H groups in total. The van der Waals surface area contributed by atoms with Crippen LogP contribution in [0.5, 0.6) is 0 Å². The van der Waals surface area contributed by atoms with Gasteiger partial charge in [0, 0.05) is 34.1 Å². The fraction of sp³-hybridized carbons (Fsp3) is 0.114. The van der Waals surface area contributed by atoms with Crippen LogP contribution in [0.3, 0.4) is 0 Å². The van der Waals surface area contributed by atoms with Crippen molar-refractivity contribution in [2.45, 2.75) is 46.8 Å². The number of benzene rings is 8. The summed E-state index contributed by atoms with van der Waals surface area (Å²) in [6.45, 7) is 10.7. The predicted octanol–water partition coefficient (Wildman–Crippen LogP) is 19.0. The van der Waals surface area contributed by atoms with Crippen LogP contribution in [0.15, 0.2) is 264 Å². The third-order valence-corrected chi connectivity index (χ3v) is 15.5. The SMILES string of the molecule is Cc1cccc(N(C2=C3C=CC4=C5C(=CC=C(C=C2)C35)C(N(c2cccc(C(F)(F)F)c2)c2ccc(-c3ccccc3C)cc2-c2ccccc2C)C=C4)c2ccc(-c3ccccc3C)cc2-c2ccccc2C)c1. The number of hydrogen-bond donors (Lipinski definition) is 0. The lowest BCUT2D eigenvalue weighted by Crippen LogP contribution is -2.37. The Morgan fingerprint density at radius 3 is 1.60 bits per heavy atom. The van der Waals surface area contributed by atoms with Gasteiger partial charge in [0.15, 0.2) is 0 Å². The quantitative estimate of drug-likeness (QED) is 0.135. The van der Waals surface area contributed by atoms with Crippen LogP contribution in [0.1, 0.15) is 33.4 Å². The lowest BCUT2D eigenvalue weighted by Gasteiger charge is -2.44. The van der Waals surface area contributed by atoms with E-state index in [1.165, 1.54) is 28.8 Å². The van der Waals surface area contributed by atoms with Crippen molar-refractivity contribution in [2.75, 3.05) is 9.80 Å². The topological polar surface area (TPSA) is 6.48 Å². The van der Waals surface area contributed by atoms with E-state index in [9.17, 15) is 13.2 Å². The summed E-state index contributed by atoms with van der Waals surface area (Å²) in [5.41, 5.74) is 23.8. The largest absolute Gasteiger partial charge is 0.416 e. The van der Waals surface area contributed by atoms with Crippen LogP contribution in [0.25, 0.3) is 44.5 Å². The first-order valence-corrected chi connectivity index (χ1v) is 25.7. The van der Waals surface area contributed by atoms with Gasteiger partial charge in [-0.25, -0.2) is 0 Å². The second kappa shape index (κ2) is 19.0. The lowest BCUT2D eigenvalue weighted by atomic mass is 9.67. The second-order valence-electron chi connectivity index (χ2n) is 20.2. The number of halogens is 3. The van der Waals surface area contributed by atoms with Crippen LogP contribution in [-0.4, -0.2) is 6.04 Å². The maximum absolute atomic E-state index is 14.8. The van der Waals surface area contributed by atoms with E-state index in [-0.39, 0.29) is 5.92 Å². The van der Waals surface area contributed by atoms with Crippen LogP contribution in [0.4, 0.5) is 35.9 Å². The number of aryl methyl sites for hydroxylation is 5. The number of anilines is 4. The van der Waals surface area contributed by atoms with Gasteiger partial charge in [-0.15, -0.1) is 0 Å². The summed E-state index contributed by atoms with van der Waals surface area (Å²) in [5, 5.41) is 0. The molecule has 0 bridgehead atoms. The molecule has 8 aromatic carbocycles. The van der Waals surface area contributed by atoms with Gasteiger partial charge in [-0.2, -0.15) is 13.2 Å². The van der Waals surface area contributed by atoms with Gasteiger partial charge in [-0.3, -0.25) is 0 Å². The van der Waals surface area contributed by atoms with Crippen LogP contribution in [0.2, 0.25) is 0 Å². The molecule has 0 spiro atoms. The van der Waals surface area contributed by atoms with Crippen molar-refractivity contribution in [2.24, 2.45) is 5.92 Å². The molecule has 0 radical (unpaired) electrons. The molecule has 366 valence electrons. The third kappa shape index (κ3) is 8.52. The molecule has 8 aromatic rings. The van der Waals surface area contributed by atoms with Crippen molar-refractivity contribution in [1.82, 2.24) is 0 Å². The molecule has 2 atom stereocenters. The van der Waals surface area contributed by atoms with Gasteiger partial charge in [-0.05, 0) is 184 Å². The summed E-state index contributed by atoms with van der Waals surface area (Å²) in [4.78, 5) is 4.57. The Balaban J connectivity index is 1.04. The maximum atomic E-state index is 14.8. The minimum atomic E-state index is -4.54. The Hall–Kier alpha value is -8.67.